The molecule has 1 atom stereocenters. The summed E-state index contributed by atoms with van der Waals surface area (Å²) < 4.78 is 7.19. The topological polar surface area (TPSA) is 53.1 Å². The molecule has 0 bridgehead atoms. The molecule has 0 fully saturated rings. The van der Waals surface area contributed by atoms with Crippen molar-refractivity contribution in [2.24, 2.45) is 12.8 Å². The molecule has 108 valence electrons. The van der Waals surface area contributed by atoms with Gasteiger partial charge in [0, 0.05) is 24.6 Å². The van der Waals surface area contributed by atoms with Gasteiger partial charge in [-0.1, -0.05) is 29.8 Å². The van der Waals surface area contributed by atoms with E-state index in [0.29, 0.717) is 11.4 Å². The van der Waals surface area contributed by atoms with E-state index in [4.69, 9.17) is 22.1 Å². The fraction of sp³-hybridized carbons (Fsp3) is 0.400. The number of halogens is 1. The third kappa shape index (κ3) is 2.67. The number of benzene rings is 1. The minimum absolute atomic E-state index is 0.587. The summed E-state index contributed by atoms with van der Waals surface area (Å²) in [4.78, 5) is 0. The zero-order valence-electron chi connectivity index (χ0n) is 12.3. The Kier molecular flexibility index (Phi) is 4.06. The maximum atomic E-state index is 6.51. The molecule has 1 aromatic heterocycles. The SMILES string of the molecule is COc1ccccc1C(C)(N)Cc1c(Cl)c(C)nn1C. The molecule has 0 amide bonds. The van der Waals surface area contributed by atoms with E-state index in [9.17, 15) is 0 Å². The second-order valence-corrected chi connectivity index (χ2v) is 5.64. The third-order valence-corrected chi connectivity index (χ3v) is 4.01. The predicted molar refractivity (Wildman–Crippen MR) is 81.2 cm³/mol. The second-order valence-electron chi connectivity index (χ2n) is 5.26. The quantitative estimate of drug-likeness (QED) is 0.943. The lowest BCUT2D eigenvalue weighted by Crippen LogP contribution is -2.36. The van der Waals surface area contributed by atoms with Gasteiger partial charge in [-0.2, -0.15) is 5.10 Å². The number of hydrogen-bond acceptors (Lipinski definition) is 3. The van der Waals surface area contributed by atoms with Crippen LogP contribution < -0.4 is 10.5 Å². The molecule has 0 spiro atoms. The van der Waals surface area contributed by atoms with Crippen LogP contribution in [0.1, 0.15) is 23.9 Å². The molecule has 20 heavy (non-hydrogen) atoms. The molecule has 0 saturated carbocycles. The molecule has 2 N–H and O–H groups in total. The molecule has 0 saturated heterocycles. The van der Waals surface area contributed by atoms with Crippen LogP contribution >= 0.6 is 11.6 Å². The molecule has 0 aliphatic carbocycles. The number of aryl methyl sites for hydroxylation is 2. The molecule has 0 radical (unpaired) electrons. The summed E-state index contributed by atoms with van der Waals surface area (Å²) >= 11 is 6.31. The van der Waals surface area contributed by atoms with Crippen molar-refractivity contribution in [1.82, 2.24) is 9.78 Å². The zero-order valence-corrected chi connectivity index (χ0v) is 13.0. The number of ether oxygens (including phenoxy) is 1. The van der Waals surface area contributed by atoms with Gasteiger partial charge in [-0.25, -0.2) is 0 Å². The van der Waals surface area contributed by atoms with Crippen molar-refractivity contribution < 1.29 is 4.74 Å². The van der Waals surface area contributed by atoms with Crippen LogP contribution in [0.15, 0.2) is 24.3 Å². The van der Waals surface area contributed by atoms with Crippen LogP contribution in [0, 0.1) is 6.92 Å². The van der Waals surface area contributed by atoms with Gasteiger partial charge in [-0.3, -0.25) is 4.68 Å². The number of methoxy groups -OCH3 is 1. The Labute approximate surface area is 124 Å². The highest BCUT2D eigenvalue weighted by atomic mass is 35.5. The van der Waals surface area contributed by atoms with Crippen LogP contribution in [0.5, 0.6) is 5.75 Å². The van der Waals surface area contributed by atoms with Crippen LogP contribution in [0.4, 0.5) is 0 Å². The van der Waals surface area contributed by atoms with E-state index in [0.717, 1.165) is 22.7 Å². The third-order valence-electron chi connectivity index (χ3n) is 3.52. The van der Waals surface area contributed by atoms with Crippen LogP contribution in [-0.4, -0.2) is 16.9 Å². The van der Waals surface area contributed by atoms with Gasteiger partial charge in [0.15, 0.2) is 0 Å². The Morgan fingerprint density at radius 2 is 2.05 bits per heavy atom. The first kappa shape index (κ1) is 14.9. The first-order valence-electron chi connectivity index (χ1n) is 6.47. The minimum Gasteiger partial charge on any atom is -0.496 e. The van der Waals surface area contributed by atoms with E-state index in [1.807, 2.05) is 45.2 Å². The molecule has 1 unspecified atom stereocenters. The van der Waals surface area contributed by atoms with Crippen molar-refractivity contribution in [1.29, 1.82) is 0 Å². The van der Waals surface area contributed by atoms with Gasteiger partial charge in [-0.05, 0) is 19.9 Å². The normalized spacial score (nSPS) is 14.1. The Hall–Kier alpha value is -1.52. The molecular formula is C15H20ClN3O. The summed E-state index contributed by atoms with van der Waals surface area (Å²) in [6.07, 6.45) is 0.587. The zero-order chi connectivity index (χ0) is 14.9. The molecule has 0 aliphatic rings. The number of aromatic nitrogens is 2. The standard InChI is InChI=1S/C15H20ClN3O/c1-10-14(16)12(19(3)18-10)9-15(2,17)11-7-5-6-8-13(11)20-4/h5-8H,9,17H2,1-4H3. The van der Waals surface area contributed by atoms with Crippen LogP contribution in [0.2, 0.25) is 5.02 Å². The van der Waals surface area contributed by atoms with Crippen molar-refractivity contribution in [3.63, 3.8) is 0 Å². The highest BCUT2D eigenvalue weighted by Gasteiger charge is 2.28. The molecule has 4 nitrogen and oxygen atoms in total. The lowest BCUT2D eigenvalue weighted by Gasteiger charge is -2.27. The van der Waals surface area contributed by atoms with Crippen LogP contribution in [0.25, 0.3) is 0 Å². The Morgan fingerprint density at radius 3 is 2.60 bits per heavy atom. The van der Waals surface area contributed by atoms with Crippen molar-refractivity contribution in [3.8, 4) is 5.75 Å². The van der Waals surface area contributed by atoms with Crippen molar-refractivity contribution >= 4 is 11.6 Å². The lowest BCUT2D eigenvalue weighted by atomic mass is 9.87. The maximum Gasteiger partial charge on any atom is 0.123 e. The van der Waals surface area contributed by atoms with Gasteiger partial charge in [-0.15, -0.1) is 0 Å². The van der Waals surface area contributed by atoms with Crippen molar-refractivity contribution in [3.05, 3.63) is 46.2 Å². The molecule has 1 heterocycles. The van der Waals surface area contributed by atoms with Gasteiger partial charge in [0.2, 0.25) is 0 Å². The maximum absolute atomic E-state index is 6.51. The van der Waals surface area contributed by atoms with E-state index >= 15 is 0 Å². The van der Waals surface area contributed by atoms with Gasteiger partial charge in [0.05, 0.1) is 23.5 Å². The highest BCUT2D eigenvalue weighted by molar-refractivity contribution is 6.31. The Morgan fingerprint density at radius 1 is 1.40 bits per heavy atom. The number of nitrogens with two attached hydrogens (primary N) is 1. The molecular weight excluding hydrogens is 274 g/mol. The summed E-state index contributed by atoms with van der Waals surface area (Å²) in [5, 5.41) is 5.01. The molecule has 1 aromatic carbocycles. The van der Waals surface area contributed by atoms with E-state index in [1.165, 1.54) is 0 Å². The summed E-state index contributed by atoms with van der Waals surface area (Å²) in [6, 6.07) is 7.78. The van der Waals surface area contributed by atoms with Gasteiger partial charge < -0.3 is 10.5 Å². The predicted octanol–water partition coefficient (Wildman–Crippen LogP) is 2.81. The van der Waals surface area contributed by atoms with E-state index < -0.39 is 5.54 Å². The second kappa shape index (κ2) is 5.46. The largest absolute Gasteiger partial charge is 0.496 e. The fourth-order valence-corrected chi connectivity index (χ4v) is 2.66. The first-order chi connectivity index (χ1) is 9.36. The number of rotatable bonds is 4. The van der Waals surface area contributed by atoms with Gasteiger partial charge in [0.25, 0.3) is 0 Å². The molecule has 2 aromatic rings. The summed E-state index contributed by atoms with van der Waals surface area (Å²) in [6.45, 7) is 3.87. The monoisotopic (exact) mass is 293 g/mol. The van der Waals surface area contributed by atoms with Crippen LogP contribution in [0.3, 0.4) is 0 Å². The van der Waals surface area contributed by atoms with Gasteiger partial charge in [0.1, 0.15) is 5.75 Å². The lowest BCUT2D eigenvalue weighted by molar-refractivity contribution is 0.383. The smallest absolute Gasteiger partial charge is 0.123 e. The summed E-state index contributed by atoms with van der Waals surface area (Å²) in [7, 11) is 3.53. The van der Waals surface area contributed by atoms with Gasteiger partial charge >= 0.3 is 0 Å². The van der Waals surface area contributed by atoms with Crippen LogP contribution in [-0.2, 0) is 19.0 Å². The average Bonchev–Trinajstić information content (AvgIpc) is 2.65. The molecule has 2 rings (SSSR count). The Bertz CT molecular complexity index is 620. The summed E-state index contributed by atoms with van der Waals surface area (Å²) in [5.74, 6) is 0.785. The molecule has 0 aliphatic heterocycles. The molecule has 5 heteroatoms. The average molecular weight is 294 g/mol. The highest BCUT2D eigenvalue weighted by Crippen LogP contribution is 2.32. The van der Waals surface area contributed by atoms with Crippen molar-refractivity contribution in [2.45, 2.75) is 25.8 Å². The number of para-hydroxylation sites is 1. The number of nitrogens with zero attached hydrogens (tertiary/aromatic N) is 2. The van der Waals surface area contributed by atoms with E-state index in [1.54, 1.807) is 11.8 Å². The fourth-order valence-electron chi connectivity index (χ4n) is 2.43. The van der Waals surface area contributed by atoms with E-state index in [-0.39, 0.29) is 0 Å². The van der Waals surface area contributed by atoms with Crippen molar-refractivity contribution in [2.75, 3.05) is 7.11 Å². The summed E-state index contributed by atoms with van der Waals surface area (Å²) in [5.41, 5.74) is 8.63. The Balaban J connectivity index is 2.40. The van der Waals surface area contributed by atoms with E-state index in [2.05, 4.69) is 5.10 Å². The minimum atomic E-state index is -0.587. The first-order valence-corrected chi connectivity index (χ1v) is 6.85. The number of hydrogen-bond donors (Lipinski definition) is 1.